The summed E-state index contributed by atoms with van der Waals surface area (Å²) in [5.74, 6) is -0.312. The van der Waals surface area contributed by atoms with Crippen LogP contribution in [0.2, 0.25) is 0 Å². The third kappa shape index (κ3) is 3.52. The van der Waals surface area contributed by atoms with Crippen LogP contribution >= 0.6 is 0 Å². The summed E-state index contributed by atoms with van der Waals surface area (Å²) in [5.41, 5.74) is 3.01. The molecule has 1 saturated carbocycles. The van der Waals surface area contributed by atoms with Gasteiger partial charge in [-0.25, -0.2) is 9.69 Å². The summed E-state index contributed by atoms with van der Waals surface area (Å²) in [6.45, 7) is 4.39. The van der Waals surface area contributed by atoms with Crippen molar-refractivity contribution in [3.05, 3.63) is 70.8 Å². The summed E-state index contributed by atoms with van der Waals surface area (Å²) in [5, 5.41) is 6.02. The summed E-state index contributed by atoms with van der Waals surface area (Å²) in [6, 6.07) is 14.4. The van der Waals surface area contributed by atoms with Crippen LogP contribution in [0.5, 0.6) is 0 Å². The molecule has 6 heteroatoms. The molecule has 2 aromatic rings. The van der Waals surface area contributed by atoms with Crippen LogP contribution in [-0.2, 0) is 28.1 Å². The van der Waals surface area contributed by atoms with Crippen LogP contribution in [-0.4, -0.2) is 28.8 Å². The number of rotatable bonds is 6. The Morgan fingerprint density at radius 2 is 1.88 bits per heavy atom. The van der Waals surface area contributed by atoms with Crippen molar-refractivity contribution in [2.24, 2.45) is 11.8 Å². The Morgan fingerprint density at radius 1 is 1.15 bits per heavy atom. The zero-order chi connectivity index (χ0) is 23.2. The van der Waals surface area contributed by atoms with E-state index in [1.54, 1.807) is 0 Å². The lowest BCUT2D eigenvalue weighted by Crippen LogP contribution is -2.55. The Balaban J connectivity index is 1.44. The quantitative estimate of drug-likeness (QED) is 0.664. The van der Waals surface area contributed by atoms with Crippen molar-refractivity contribution >= 4 is 17.8 Å². The van der Waals surface area contributed by atoms with E-state index in [1.807, 2.05) is 62.4 Å². The van der Waals surface area contributed by atoms with Gasteiger partial charge in [0.1, 0.15) is 11.6 Å². The molecule has 1 unspecified atom stereocenters. The normalized spacial score (nSPS) is 23.8. The summed E-state index contributed by atoms with van der Waals surface area (Å²) < 4.78 is 0. The smallest absolute Gasteiger partial charge is 0.326 e. The fourth-order valence-corrected chi connectivity index (χ4v) is 5.72. The molecular weight excluding hydrogens is 414 g/mol. The molecule has 33 heavy (non-hydrogen) atoms. The number of amides is 4. The van der Waals surface area contributed by atoms with E-state index in [1.165, 1.54) is 4.90 Å². The van der Waals surface area contributed by atoms with Crippen molar-refractivity contribution in [3.8, 4) is 0 Å². The molecule has 0 aromatic heterocycles. The van der Waals surface area contributed by atoms with Gasteiger partial charge in [0, 0.05) is 6.54 Å². The first-order valence-corrected chi connectivity index (χ1v) is 12.0. The average Bonchev–Trinajstić information content (AvgIpc) is 3.25. The van der Waals surface area contributed by atoms with Gasteiger partial charge in [-0.1, -0.05) is 74.7 Å². The maximum absolute atomic E-state index is 13.9. The van der Waals surface area contributed by atoms with E-state index in [4.69, 9.17) is 0 Å². The van der Waals surface area contributed by atoms with Crippen molar-refractivity contribution in [3.63, 3.8) is 0 Å². The summed E-state index contributed by atoms with van der Waals surface area (Å²) in [4.78, 5) is 41.9. The van der Waals surface area contributed by atoms with E-state index in [0.717, 1.165) is 47.9 Å². The summed E-state index contributed by atoms with van der Waals surface area (Å²) in [7, 11) is 0. The van der Waals surface area contributed by atoms with Gasteiger partial charge >= 0.3 is 6.03 Å². The fourth-order valence-electron chi connectivity index (χ4n) is 5.72. The average molecular weight is 446 g/mol. The van der Waals surface area contributed by atoms with Gasteiger partial charge in [0.25, 0.3) is 5.91 Å². The zero-order valence-corrected chi connectivity index (χ0v) is 19.3. The molecule has 0 bridgehead atoms. The maximum atomic E-state index is 13.9. The third-order valence-electron chi connectivity index (χ3n) is 8.02. The highest BCUT2D eigenvalue weighted by Gasteiger charge is 2.58. The number of hydrogen-bond acceptors (Lipinski definition) is 3. The Kier molecular flexibility index (Phi) is 5.47. The van der Waals surface area contributed by atoms with Gasteiger partial charge in [-0.05, 0) is 53.9 Å². The number of urea groups is 1. The highest BCUT2D eigenvalue weighted by atomic mass is 16.2. The highest BCUT2D eigenvalue weighted by molar-refractivity contribution is 6.10. The number of imide groups is 1. The van der Waals surface area contributed by atoms with Gasteiger partial charge in [-0.15, -0.1) is 0 Å². The Bertz CT molecular complexity index is 1110. The van der Waals surface area contributed by atoms with Gasteiger partial charge in [-0.2, -0.15) is 0 Å². The maximum Gasteiger partial charge on any atom is 0.326 e. The first-order chi connectivity index (χ1) is 15.9. The van der Waals surface area contributed by atoms with Gasteiger partial charge in [0.05, 0.1) is 0 Å². The van der Waals surface area contributed by atoms with Crippen molar-refractivity contribution in [1.82, 2.24) is 15.5 Å². The lowest BCUT2D eigenvalue weighted by Gasteiger charge is -2.38. The van der Waals surface area contributed by atoms with Crippen molar-refractivity contribution < 1.29 is 14.4 Å². The molecule has 0 radical (unpaired) electrons. The molecule has 6 nitrogen and oxygen atoms in total. The minimum Gasteiger partial charge on any atom is -0.350 e. The van der Waals surface area contributed by atoms with Crippen LogP contribution in [0.1, 0.15) is 54.9 Å². The number of nitrogens with zero attached hydrogens (tertiary/aromatic N) is 1. The monoisotopic (exact) mass is 445 g/mol. The first kappa shape index (κ1) is 21.7. The van der Waals surface area contributed by atoms with Gasteiger partial charge < -0.3 is 10.6 Å². The van der Waals surface area contributed by atoms with E-state index < -0.39 is 17.6 Å². The van der Waals surface area contributed by atoms with Gasteiger partial charge in [0.2, 0.25) is 5.91 Å². The minimum atomic E-state index is -1.05. The van der Waals surface area contributed by atoms with E-state index >= 15 is 0 Å². The van der Waals surface area contributed by atoms with Gasteiger partial charge in [0.15, 0.2) is 0 Å². The van der Waals surface area contributed by atoms with Crippen LogP contribution in [0, 0.1) is 18.8 Å². The van der Waals surface area contributed by atoms with Gasteiger partial charge in [-0.3, -0.25) is 9.59 Å². The largest absolute Gasteiger partial charge is 0.350 e. The number of carbonyl (C=O) groups is 3. The number of carbonyl (C=O) groups excluding carboxylic acids is 3. The molecule has 3 aliphatic rings. The number of nitrogens with one attached hydrogen (secondary N) is 2. The second-order valence-corrected chi connectivity index (χ2v) is 9.81. The van der Waals surface area contributed by atoms with Crippen molar-refractivity contribution in [2.45, 2.75) is 64.1 Å². The lowest BCUT2D eigenvalue weighted by atomic mass is 9.73. The molecule has 2 aliphatic carbocycles. The Hall–Kier alpha value is -3.15. The number of hydrogen-bond donors (Lipinski definition) is 2. The molecule has 1 saturated heterocycles. The zero-order valence-electron chi connectivity index (χ0n) is 19.3. The van der Waals surface area contributed by atoms with E-state index in [2.05, 4.69) is 10.6 Å². The van der Waals surface area contributed by atoms with Crippen LogP contribution in [0.25, 0.3) is 0 Å². The SMILES string of the molecule is Cc1ccccc1CNC(=O)C([C@@H](C)C1CCC1)N1C(=O)N[C@]2(CCc3ccccc32)C1=O. The standard InChI is InChI=1S/C27H31N3O3/c1-17-8-3-4-10-21(17)16-28-24(31)23(18(2)19-11-7-12-19)30-25(32)27(29-26(30)33)15-14-20-9-5-6-13-22(20)27/h3-6,8-10,13,18-19,23H,7,11-12,14-16H2,1-2H3,(H,28,31)(H,29,33)/t18-,23?,27-/m0/s1. The predicted molar refractivity (Wildman–Crippen MR) is 125 cm³/mol. The molecule has 2 N–H and O–H groups in total. The molecule has 3 atom stereocenters. The lowest BCUT2D eigenvalue weighted by molar-refractivity contribution is -0.141. The van der Waals surface area contributed by atoms with E-state index in [9.17, 15) is 14.4 Å². The Morgan fingerprint density at radius 3 is 2.61 bits per heavy atom. The number of fused-ring (bicyclic) bond motifs is 2. The second kappa shape index (κ2) is 8.32. The minimum absolute atomic E-state index is 0.0999. The predicted octanol–water partition coefficient (Wildman–Crippen LogP) is 3.81. The summed E-state index contributed by atoms with van der Waals surface area (Å²) >= 11 is 0. The molecule has 1 heterocycles. The van der Waals surface area contributed by atoms with Crippen molar-refractivity contribution in [2.75, 3.05) is 0 Å². The second-order valence-electron chi connectivity index (χ2n) is 9.81. The Labute approximate surface area is 194 Å². The van der Waals surface area contributed by atoms with E-state index in [0.29, 0.717) is 18.9 Å². The number of aryl methyl sites for hydroxylation is 2. The summed E-state index contributed by atoms with van der Waals surface area (Å²) in [6.07, 6.45) is 4.45. The molecule has 2 fully saturated rings. The first-order valence-electron chi connectivity index (χ1n) is 12.0. The van der Waals surface area contributed by atoms with Crippen LogP contribution < -0.4 is 10.6 Å². The molecule has 5 rings (SSSR count). The molecule has 172 valence electrons. The van der Waals surface area contributed by atoms with Crippen LogP contribution in [0.3, 0.4) is 0 Å². The van der Waals surface area contributed by atoms with Crippen LogP contribution in [0.4, 0.5) is 4.79 Å². The van der Waals surface area contributed by atoms with Crippen LogP contribution in [0.15, 0.2) is 48.5 Å². The molecular formula is C27H31N3O3. The molecule has 1 aliphatic heterocycles. The van der Waals surface area contributed by atoms with E-state index in [-0.39, 0.29) is 17.7 Å². The number of benzene rings is 2. The fraction of sp³-hybridized carbons (Fsp3) is 0.444. The molecule has 4 amide bonds. The highest BCUT2D eigenvalue weighted by Crippen LogP contribution is 2.44. The van der Waals surface area contributed by atoms with Crippen molar-refractivity contribution in [1.29, 1.82) is 0 Å². The topological polar surface area (TPSA) is 78.5 Å². The molecule has 1 spiro atoms. The third-order valence-corrected chi connectivity index (χ3v) is 8.02. The molecule has 2 aromatic carbocycles.